The smallest absolute Gasteiger partial charge is 0.232 e. The Morgan fingerprint density at radius 3 is 2.85 bits per heavy atom. The number of hydrogen-bond acceptors (Lipinski definition) is 5. The van der Waals surface area contributed by atoms with E-state index in [0.717, 1.165) is 15.8 Å². The molecule has 0 saturated heterocycles. The van der Waals surface area contributed by atoms with Gasteiger partial charge in [0, 0.05) is 7.05 Å². The fourth-order valence-electron chi connectivity index (χ4n) is 1.85. The van der Waals surface area contributed by atoms with Crippen LogP contribution in [-0.4, -0.2) is 17.0 Å². The van der Waals surface area contributed by atoms with Crippen molar-refractivity contribution in [2.24, 2.45) is 0 Å². The molecular formula is C14H12FN3OS. The Labute approximate surface area is 119 Å². The van der Waals surface area contributed by atoms with Crippen molar-refractivity contribution in [3.63, 3.8) is 0 Å². The lowest BCUT2D eigenvalue weighted by Crippen LogP contribution is -1.99. The second-order valence-electron chi connectivity index (χ2n) is 4.25. The van der Waals surface area contributed by atoms with E-state index in [1.165, 1.54) is 23.5 Å². The summed E-state index contributed by atoms with van der Waals surface area (Å²) < 4.78 is 18.9. The number of hydrogen-bond donors (Lipinski definition) is 1. The second kappa shape index (κ2) is 5.05. The van der Waals surface area contributed by atoms with Crippen molar-refractivity contribution in [3.8, 4) is 11.6 Å². The van der Waals surface area contributed by atoms with Gasteiger partial charge in [0.2, 0.25) is 11.8 Å². The first-order chi connectivity index (χ1) is 9.67. The fourth-order valence-corrected chi connectivity index (χ4v) is 2.60. The normalized spacial score (nSPS) is 10.8. The molecule has 0 atom stereocenters. The van der Waals surface area contributed by atoms with E-state index in [-0.39, 0.29) is 5.82 Å². The van der Waals surface area contributed by atoms with Crippen LogP contribution in [0.25, 0.3) is 10.2 Å². The molecule has 3 aromatic rings. The molecule has 0 amide bonds. The summed E-state index contributed by atoms with van der Waals surface area (Å²) in [7, 11) is 1.75. The molecule has 0 aliphatic carbocycles. The van der Waals surface area contributed by atoms with Crippen LogP contribution in [-0.2, 0) is 0 Å². The maximum Gasteiger partial charge on any atom is 0.232 e. The Bertz CT molecular complexity index is 772. The van der Waals surface area contributed by atoms with E-state index in [1.807, 2.05) is 11.4 Å². The number of benzene rings is 1. The van der Waals surface area contributed by atoms with Crippen molar-refractivity contribution in [1.29, 1.82) is 0 Å². The van der Waals surface area contributed by atoms with Crippen LogP contribution in [0, 0.1) is 12.7 Å². The Balaban J connectivity index is 2.07. The number of ether oxygens (including phenoxy) is 1. The molecule has 0 spiro atoms. The summed E-state index contributed by atoms with van der Waals surface area (Å²) >= 11 is 1.52. The zero-order valence-electron chi connectivity index (χ0n) is 11.0. The van der Waals surface area contributed by atoms with Gasteiger partial charge in [0.05, 0.1) is 5.39 Å². The van der Waals surface area contributed by atoms with Crippen LogP contribution in [0.3, 0.4) is 0 Å². The summed E-state index contributed by atoms with van der Waals surface area (Å²) in [6.45, 7) is 1.80. The standard InChI is InChI=1S/C14H12FN3OS/c1-8-7-9(15)3-4-11(8)19-12-10-5-6-20-13(10)18-14(16-2)17-12/h3-7H,1-2H3,(H,16,17,18). The maximum atomic E-state index is 13.1. The highest BCUT2D eigenvalue weighted by molar-refractivity contribution is 7.16. The third-order valence-electron chi connectivity index (χ3n) is 2.86. The fraction of sp³-hybridized carbons (Fsp3) is 0.143. The third-order valence-corrected chi connectivity index (χ3v) is 3.66. The quantitative estimate of drug-likeness (QED) is 0.792. The number of anilines is 1. The topological polar surface area (TPSA) is 47.0 Å². The maximum absolute atomic E-state index is 13.1. The van der Waals surface area contributed by atoms with Gasteiger partial charge in [-0.15, -0.1) is 11.3 Å². The molecule has 0 aliphatic rings. The molecule has 6 heteroatoms. The van der Waals surface area contributed by atoms with Gasteiger partial charge in [-0.3, -0.25) is 0 Å². The lowest BCUT2D eigenvalue weighted by atomic mass is 10.2. The first-order valence-corrected chi connectivity index (χ1v) is 6.92. The first kappa shape index (κ1) is 12.8. The number of fused-ring (bicyclic) bond motifs is 1. The summed E-state index contributed by atoms with van der Waals surface area (Å²) in [5.74, 6) is 1.26. The van der Waals surface area contributed by atoms with Crippen LogP contribution in [0.4, 0.5) is 10.3 Å². The summed E-state index contributed by atoms with van der Waals surface area (Å²) in [4.78, 5) is 9.51. The average Bonchev–Trinajstić information content (AvgIpc) is 2.90. The van der Waals surface area contributed by atoms with E-state index >= 15 is 0 Å². The Hall–Kier alpha value is -2.21. The molecule has 0 bridgehead atoms. The largest absolute Gasteiger partial charge is 0.438 e. The van der Waals surface area contributed by atoms with Crippen LogP contribution >= 0.6 is 11.3 Å². The monoisotopic (exact) mass is 289 g/mol. The Kier molecular flexibility index (Phi) is 3.23. The highest BCUT2D eigenvalue weighted by atomic mass is 32.1. The van der Waals surface area contributed by atoms with E-state index in [4.69, 9.17) is 4.74 Å². The first-order valence-electron chi connectivity index (χ1n) is 6.04. The molecule has 3 rings (SSSR count). The number of nitrogens with one attached hydrogen (secondary N) is 1. The molecule has 2 heterocycles. The molecule has 0 fully saturated rings. The van der Waals surface area contributed by atoms with Crippen molar-refractivity contribution in [2.75, 3.05) is 12.4 Å². The molecular weight excluding hydrogens is 277 g/mol. The molecule has 4 nitrogen and oxygen atoms in total. The molecule has 0 saturated carbocycles. The highest BCUT2D eigenvalue weighted by Gasteiger charge is 2.11. The lowest BCUT2D eigenvalue weighted by molar-refractivity contribution is 0.463. The molecule has 0 radical (unpaired) electrons. The zero-order chi connectivity index (χ0) is 14.1. The number of aryl methyl sites for hydroxylation is 1. The van der Waals surface area contributed by atoms with Crippen LogP contribution in [0.15, 0.2) is 29.6 Å². The molecule has 1 N–H and O–H groups in total. The Morgan fingerprint density at radius 1 is 1.25 bits per heavy atom. The van der Waals surface area contributed by atoms with Crippen LogP contribution in [0.2, 0.25) is 0 Å². The molecule has 102 valence electrons. The molecule has 2 aromatic heterocycles. The van der Waals surface area contributed by atoms with Gasteiger partial charge in [-0.25, -0.2) is 9.37 Å². The minimum atomic E-state index is -0.283. The van der Waals surface area contributed by atoms with Crippen molar-refractivity contribution in [1.82, 2.24) is 9.97 Å². The Morgan fingerprint density at radius 2 is 2.10 bits per heavy atom. The average molecular weight is 289 g/mol. The second-order valence-corrected chi connectivity index (χ2v) is 5.15. The predicted octanol–water partition coefficient (Wildman–Crippen LogP) is 3.97. The summed E-state index contributed by atoms with van der Waals surface area (Å²) in [6.07, 6.45) is 0. The minimum absolute atomic E-state index is 0.283. The third kappa shape index (κ3) is 2.30. The van der Waals surface area contributed by atoms with E-state index < -0.39 is 0 Å². The van der Waals surface area contributed by atoms with Gasteiger partial charge in [-0.05, 0) is 42.1 Å². The highest BCUT2D eigenvalue weighted by Crippen LogP contribution is 2.32. The summed E-state index contributed by atoms with van der Waals surface area (Å²) in [6, 6.07) is 6.31. The number of halogens is 1. The summed E-state index contributed by atoms with van der Waals surface area (Å²) in [5.41, 5.74) is 0.720. The van der Waals surface area contributed by atoms with E-state index in [2.05, 4.69) is 15.3 Å². The molecule has 1 aromatic carbocycles. The number of nitrogens with zero attached hydrogens (tertiary/aromatic N) is 2. The van der Waals surface area contributed by atoms with Crippen LogP contribution < -0.4 is 10.1 Å². The van der Waals surface area contributed by atoms with Crippen molar-refractivity contribution < 1.29 is 9.13 Å². The predicted molar refractivity (Wildman–Crippen MR) is 78.2 cm³/mol. The minimum Gasteiger partial charge on any atom is -0.438 e. The van der Waals surface area contributed by atoms with Crippen molar-refractivity contribution in [2.45, 2.75) is 6.92 Å². The van der Waals surface area contributed by atoms with Gasteiger partial charge < -0.3 is 10.1 Å². The number of thiophene rings is 1. The summed E-state index contributed by atoms with van der Waals surface area (Å²) in [5, 5.41) is 5.68. The molecule has 0 aliphatic heterocycles. The number of aromatic nitrogens is 2. The molecule has 20 heavy (non-hydrogen) atoms. The van der Waals surface area contributed by atoms with Gasteiger partial charge in [-0.1, -0.05) is 0 Å². The van der Waals surface area contributed by atoms with Gasteiger partial charge in [0.1, 0.15) is 16.4 Å². The van der Waals surface area contributed by atoms with Gasteiger partial charge >= 0.3 is 0 Å². The SMILES string of the molecule is CNc1nc(Oc2ccc(F)cc2C)c2ccsc2n1. The van der Waals surface area contributed by atoms with Crippen LogP contribution in [0.1, 0.15) is 5.56 Å². The van der Waals surface area contributed by atoms with Gasteiger partial charge in [0.25, 0.3) is 0 Å². The van der Waals surface area contributed by atoms with E-state index in [9.17, 15) is 4.39 Å². The van der Waals surface area contributed by atoms with Crippen molar-refractivity contribution in [3.05, 3.63) is 41.0 Å². The van der Waals surface area contributed by atoms with Gasteiger partial charge in [0.15, 0.2) is 0 Å². The van der Waals surface area contributed by atoms with Crippen LogP contribution in [0.5, 0.6) is 11.6 Å². The zero-order valence-corrected chi connectivity index (χ0v) is 11.8. The van der Waals surface area contributed by atoms with Gasteiger partial charge in [-0.2, -0.15) is 4.98 Å². The lowest BCUT2D eigenvalue weighted by Gasteiger charge is -2.09. The van der Waals surface area contributed by atoms with Crippen molar-refractivity contribution >= 4 is 27.5 Å². The molecule has 0 unspecified atom stereocenters. The van der Waals surface area contributed by atoms with E-state index in [1.54, 1.807) is 20.0 Å². The number of rotatable bonds is 3. The van der Waals surface area contributed by atoms with E-state index in [0.29, 0.717) is 17.6 Å².